The molecule has 0 radical (unpaired) electrons. The molecule has 2 rings (SSSR count). The molecule has 1 heteroatoms. The Hall–Kier alpha value is -0.0700. The average Bonchev–Trinajstić information content (AvgIpc) is 2.31. The summed E-state index contributed by atoms with van der Waals surface area (Å²) in [6.07, 6.45) is 7.76. The van der Waals surface area contributed by atoms with Gasteiger partial charge in [-0.15, -0.1) is 0 Å². The second-order valence-corrected chi connectivity index (χ2v) is 4.21. The molecule has 2 aliphatic rings. The van der Waals surface area contributed by atoms with Gasteiger partial charge in [0.1, 0.15) is 6.17 Å². The third kappa shape index (κ3) is 1.57. The van der Waals surface area contributed by atoms with E-state index in [1.807, 2.05) is 0 Å². The van der Waals surface area contributed by atoms with Crippen LogP contribution in [0.3, 0.4) is 0 Å². The van der Waals surface area contributed by atoms with Crippen LogP contribution in [-0.2, 0) is 0 Å². The fourth-order valence-corrected chi connectivity index (χ4v) is 2.85. The van der Waals surface area contributed by atoms with Crippen LogP contribution in [0.5, 0.6) is 0 Å². The second kappa shape index (κ2) is 3.12. The van der Waals surface area contributed by atoms with Gasteiger partial charge >= 0.3 is 0 Å². The first-order chi connectivity index (χ1) is 5.36. The maximum absolute atomic E-state index is 13.1. The highest BCUT2D eigenvalue weighted by Crippen LogP contribution is 2.41. The maximum Gasteiger partial charge on any atom is 0.100 e. The second-order valence-electron chi connectivity index (χ2n) is 4.21. The van der Waals surface area contributed by atoms with Crippen LogP contribution in [-0.4, -0.2) is 6.17 Å². The summed E-state index contributed by atoms with van der Waals surface area (Å²) >= 11 is 0. The minimum Gasteiger partial charge on any atom is -0.247 e. The Kier molecular flexibility index (Phi) is 2.15. The molecule has 0 bridgehead atoms. The molecular weight excluding hydrogens is 139 g/mol. The van der Waals surface area contributed by atoms with Crippen LogP contribution in [0.2, 0.25) is 0 Å². The zero-order chi connectivity index (χ0) is 7.68. The standard InChI is InChI=1S/C10H17F/c11-10-6-2-4-8-3-1-5-9(8)7-10/h8-10H,1-7H2/t8?,9?,10-/m0/s1. The van der Waals surface area contributed by atoms with E-state index < -0.39 is 6.17 Å². The number of hydrogen-bond acceptors (Lipinski definition) is 0. The summed E-state index contributed by atoms with van der Waals surface area (Å²) < 4.78 is 13.1. The Morgan fingerprint density at radius 3 is 2.27 bits per heavy atom. The molecule has 0 aromatic carbocycles. The molecule has 0 heterocycles. The Labute approximate surface area is 68.2 Å². The van der Waals surface area contributed by atoms with Gasteiger partial charge in [0.25, 0.3) is 0 Å². The first-order valence-corrected chi connectivity index (χ1v) is 5.00. The zero-order valence-electron chi connectivity index (χ0n) is 7.06. The molecule has 3 atom stereocenters. The maximum atomic E-state index is 13.1. The van der Waals surface area contributed by atoms with Crippen LogP contribution in [0.4, 0.5) is 4.39 Å². The Bertz CT molecular complexity index is 133. The smallest absolute Gasteiger partial charge is 0.100 e. The molecule has 2 unspecified atom stereocenters. The van der Waals surface area contributed by atoms with Crippen molar-refractivity contribution in [1.82, 2.24) is 0 Å². The predicted molar refractivity (Wildman–Crippen MR) is 44.2 cm³/mol. The van der Waals surface area contributed by atoms with Gasteiger partial charge in [-0.2, -0.15) is 0 Å². The number of fused-ring (bicyclic) bond motifs is 1. The van der Waals surface area contributed by atoms with E-state index >= 15 is 0 Å². The Balaban J connectivity index is 1.98. The SMILES string of the molecule is F[C@H]1CCCC2CCCC2C1. The van der Waals surface area contributed by atoms with Crippen molar-refractivity contribution in [2.24, 2.45) is 11.8 Å². The molecule has 0 nitrogen and oxygen atoms in total. The van der Waals surface area contributed by atoms with Gasteiger partial charge in [0.2, 0.25) is 0 Å². The zero-order valence-corrected chi connectivity index (χ0v) is 7.06. The first-order valence-electron chi connectivity index (χ1n) is 5.00. The van der Waals surface area contributed by atoms with E-state index in [1.165, 1.54) is 25.7 Å². The molecule has 0 saturated heterocycles. The van der Waals surface area contributed by atoms with Crippen molar-refractivity contribution in [3.63, 3.8) is 0 Å². The van der Waals surface area contributed by atoms with Crippen molar-refractivity contribution in [3.8, 4) is 0 Å². The van der Waals surface area contributed by atoms with E-state index in [0.29, 0.717) is 0 Å². The topological polar surface area (TPSA) is 0 Å². The molecule has 2 aliphatic carbocycles. The van der Waals surface area contributed by atoms with Gasteiger partial charge in [-0.05, 0) is 24.7 Å². The summed E-state index contributed by atoms with van der Waals surface area (Å²) in [6.45, 7) is 0. The Morgan fingerprint density at radius 2 is 1.45 bits per heavy atom. The molecule has 0 aliphatic heterocycles. The van der Waals surface area contributed by atoms with Gasteiger partial charge in [0.05, 0.1) is 0 Å². The third-order valence-electron chi connectivity index (χ3n) is 3.47. The molecule has 0 aromatic heterocycles. The van der Waals surface area contributed by atoms with E-state index in [1.54, 1.807) is 0 Å². The molecule has 2 fully saturated rings. The quantitative estimate of drug-likeness (QED) is 0.504. The molecule has 0 aromatic rings. The van der Waals surface area contributed by atoms with E-state index in [4.69, 9.17) is 0 Å². The fourth-order valence-electron chi connectivity index (χ4n) is 2.85. The van der Waals surface area contributed by atoms with Gasteiger partial charge in [-0.25, -0.2) is 4.39 Å². The number of halogens is 1. The highest BCUT2D eigenvalue weighted by Gasteiger charge is 2.31. The van der Waals surface area contributed by atoms with E-state index in [-0.39, 0.29) is 0 Å². The molecule has 64 valence electrons. The van der Waals surface area contributed by atoms with Crippen LogP contribution in [0.25, 0.3) is 0 Å². The molecule has 0 spiro atoms. The molecular formula is C10H17F. The van der Waals surface area contributed by atoms with Crippen molar-refractivity contribution in [2.45, 2.75) is 51.1 Å². The Morgan fingerprint density at radius 1 is 0.818 bits per heavy atom. The summed E-state index contributed by atoms with van der Waals surface area (Å²) in [6, 6.07) is 0. The minimum atomic E-state index is -0.469. The monoisotopic (exact) mass is 156 g/mol. The van der Waals surface area contributed by atoms with Gasteiger partial charge in [-0.3, -0.25) is 0 Å². The summed E-state index contributed by atoms with van der Waals surface area (Å²) in [5.74, 6) is 1.66. The minimum absolute atomic E-state index is 0.469. The van der Waals surface area contributed by atoms with Gasteiger partial charge in [0, 0.05) is 0 Å². The summed E-state index contributed by atoms with van der Waals surface area (Å²) in [5.41, 5.74) is 0. The normalized spacial score (nSPS) is 45.0. The van der Waals surface area contributed by atoms with Crippen molar-refractivity contribution in [2.75, 3.05) is 0 Å². The lowest BCUT2D eigenvalue weighted by molar-refractivity contribution is 0.256. The lowest BCUT2D eigenvalue weighted by atomic mass is 9.91. The highest BCUT2D eigenvalue weighted by atomic mass is 19.1. The van der Waals surface area contributed by atoms with Crippen molar-refractivity contribution in [1.29, 1.82) is 0 Å². The summed E-state index contributed by atoms with van der Waals surface area (Å²) in [7, 11) is 0. The van der Waals surface area contributed by atoms with E-state index in [9.17, 15) is 4.39 Å². The van der Waals surface area contributed by atoms with Gasteiger partial charge < -0.3 is 0 Å². The van der Waals surface area contributed by atoms with Crippen LogP contribution in [0.15, 0.2) is 0 Å². The van der Waals surface area contributed by atoms with Crippen LogP contribution >= 0.6 is 0 Å². The van der Waals surface area contributed by atoms with Crippen LogP contribution in [0.1, 0.15) is 44.9 Å². The molecule has 0 amide bonds. The van der Waals surface area contributed by atoms with Crippen LogP contribution < -0.4 is 0 Å². The molecule has 2 saturated carbocycles. The van der Waals surface area contributed by atoms with E-state index in [2.05, 4.69) is 0 Å². The molecule has 0 N–H and O–H groups in total. The van der Waals surface area contributed by atoms with E-state index in [0.717, 1.165) is 31.1 Å². The molecule has 11 heavy (non-hydrogen) atoms. The number of hydrogen-bond donors (Lipinski definition) is 0. The summed E-state index contributed by atoms with van der Waals surface area (Å²) in [5, 5.41) is 0. The lowest BCUT2D eigenvalue weighted by Crippen LogP contribution is -2.09. The number of alkyl halides is 1. The van der Waals surface area contributed by atoms with Crippen molar-refractivity contribution < 1.29 is 4.39 Å². The van der Waals surface area contributed by atoms with Gasteiger partial charge in [0.15, 0.2) is 0 Å². The first kappa shape index (κ1) is 7.57. The highest BCUT2D eigenvalue weighted by molar-refractivity contribution is 4.82. The number of rotatable bonds is 0. The van der Waals surface area contributed by atoms with Crippen LogP contribution in [0, 0.1) is 11.8 Å². The van der Waals surface area contributed by atoms with Crippen molar-refractivity contribution >= 4 is 0 Å². The fraction of sp³-hybridized carbons (Fsp3) is 1.00. The lowest BCUT2D eigenvalue weighted by Gasteiger charge is -2.15. The summed E-state index contributed by atoms with van der Waals surface area (Å²) in [4.78, 5) is 0. The van der Waals surface area contributed by atoms with Crippen molar-refractivity contribution in [3.05, 3.63) is 0 Å². The largest absolute Gasteiger partial charge is 0.247 e. The van der Waals surface area contributed by atoms with Gasteiger partial charge in [-0.1, -0.05) is 32.1 Å². The predicted octanol–water partition coefficient (Wildman–Crippen LogP) is 3.31. The third-order valence-corrected chi connectivity index (χ3v) is 3.47. The average molecular weight is 156 g/mol.